The smallest absolute Gasteiger partial charge is 0.241 e. The minimum absolute atomic E-state index is 0.0152. The number of hydrogen-bond donors (Lipinski definition) is 5. The van der Waals surface area contributed by atoms with Gasteiger partial charge in [-0.15, -0.1) is 0 Å². The highest BCUT2D eigenvalue weighted by Crippen LogP contribution is 2.26. The molecular weight excluding hydrogens is 416 g/mol. The van der Waals surface area contributed by atoms with Gasteiger partial charge in [-0.05, 0) is 74.7 Å². The number of benzene rings is 2. The molecule has 2 saturated heterocycles. The molecule has 2 aliphatic rings. The monoisotopic (exact) mass is 444 g/mol. The van der Waals surface area contributed by atoms with Crippen molar-refractivity contribution < 1.29 is 9.59 Å². The van der Waals surface area contributed by atoms with Gasteiger partial charge in [-0.1, -0.05) is 24.3 Å². The molecule has 3 heterocycles. The molecule has 0 bridgehead atoms. The van der Waals surface area contributed by atoms with E-state index in [-0.39, 0.29) is 23.9 Å². The Bertz CT molecular complexity index is 1020. The van der Waals surface area contributed by atoms with Crippen LogP contribution >= 0.6 is 0 Å². The lowest BCUT2D eigenvalue weighted by molar-refractivity contribution is -0.118. The second kappa shape index (κ2) is 9.56. The van der Waals surface area contributed by atoms with Gasteiger partial charge in [0.25, 0.3) is 0 Å². The number of nitrogens with one attached hydrogen (secondary N) is 5. The first kappa shape index (κ1) is 21.4. The van der Waals surface area contributed by atoms with E-state index in [9.17, 15) is 9.59 Å². The van der Waals surface area contributed by atoms with E-state index in [1.165, 1.54) is 0 Å². The van der Waals surface area contributed by atoms with Crippen molar-refractivity contribution >= 4 is 23.2 Å². The van der Waals surface area contributed by atoms with Gasteiger partial charge < -0.3 is 21.3 Å². The van der Waals surface area contributed by atoms with Crippen LogP contribution < -0.4 is 21.3 Å². The number of nitrogens with zero attached hydrogens (tertiary/aromatic N) is 1. The SMILES string of the molecule is O=C(Nc1ccc(-c2cc(-c3ccc(NC(=O)[C@@H]4CCCN4)cc3)[nH]n2)cc1)[C@@H]1CCCN1. The highest BCUT2D eigenvalue weighted by molar-refractivity contribution is 5.96. The van der Waals surface area contributed by atoms with Gasteiger partial charge in [0.05, 0.1) is 23.5 Å². The predicted molar refractivity (Wildman–Crippen MR) is 129 cm³/mol. The third-order valence-electron chi connectivity index (χ3n) is 6.24. The summed E-state index contributed by atoms with van der Waals surface area (Å²) >= 11 is 0. The van der Waals surface area contributed by atoms with Crippen LogP contribution in [0.5, 0.6) is 0 Å². The quantitative estimate of drug-likeness (QED) is 0.401. The lowest BCUT2D eigenvalue weighted by Crippen LogP contribution is -2.35. The number of hydrogen-bond acceptors (Lipinski definition) is 5. The third-order valence-corrected chi connectivity index (χ3v) is 6.24. The lowest BCUT2D eigenvalue weighted by atomic mass is 10.1. The van der Waals surface area contributed by atoms with Crippen LogP contribution in [0.25, 0.3) is 22.5 Å². The zero-order valence-electron chi connectivity index (χ0n) is 18.4. The normalized spacial score (nSPS) is 20.0. The van der Waals surface area contributed by atoms with Gasteiger partial charge in [0.15, 0.2) is 0 Å². The van der Waals surface area contributed by atoms with Crippen molar-refractivity contribution in [2.45, 2.75) is 37.8 Å². The van der Waals surface area contributed by atoms with E-state index in [0.29, 0.717) is 0 Å². The fourth-order valence-corrected chi connectivity index (χ4v) is 4.35. The second-order valence-electron chi connectivity index (χ2n) is 8.60. The topological polar surface area (TPSA) is 111 Å². The predicted octanol–water partition coefficient (Wildman–Crippen LogP) is 3.12. The van der Waals surface area contributed by atoms with Gasteiger partial charge in [-0.2, -0.15) is 5.10 Å². The standard InChI is InChI=1S/C25H28N6O2/c32-24(20-3-1-13-26-20)28-18-9-5-16(6-10-18)22-15-23(31-30-22)17-7-11-19(12-8-17)29-25(33)21-4-2-14-27-21/h5-12,15,20-21,26-27H,1-4,13-14H2,(H,28,32)(H,29,33)(H,30,31)/t20-,21-/m0/s1. The first-order valence-electron chi connectivity index (χ1n) is 11.5. The van der Waals surface area contributed by atoms with Crippen LogP contribution in [-0.2, 0) is 9.59 Å². The molecule has 2 fully saturated rings. The Morgan fingerprint density at radius 3 is 1.76 bits per heavy atom. The lowest BCUT2D eigenvalue weighted by Gasteiger charge is -2.11. The fraction of sp³-hybridized carbons (Fsp3) is 0.320. The van der Waals surface area contributed by atoms with Crippen LogP contribution in [0.4, 0.5) is 11.4 Å². The van der Waals surface area contributed by atoms with E-state index in [2.05, 4.69) is 31.5 Å². The van der Waals surface area contributed by atoms with Gasteiger partial charge in [-0.25, -0.2) is 0 Å². The van der Waals surface area contributed by atoms with Gasteiger partial charge in [0, 0.05) is 16.9 Å². The minimum atomic E-state index is -0.0994. The highest BCUT2D eigenvalue weighted by Gasteiger charge is 2.22. The van der Waals surface area contributed by atoms with Crippen molar-refractivity contribution in [2.75, 3.05) is 23.7 Å². The zero-order valence-corrected chi connectivity index (χ0v) is 18.4. The maximum absolute atomic E-state index is 12.3. The first-order valence-corrected chi connectivity index (χ1v) is 11.5. The number of amides is 2. The van der Waals surface area contributed by atoms with Crippen LogP contribution in [0.2, 0.25) is 0 Å². The average Bonchev–Trinajstić information content (AvgIpc) is 3.63. The molecule has 0 unspecified atom stereocenters. The Hall–Kier alpha value is -3.49. The molecule has 0 radical (unpaired) electrons. The van der Waals surface area contributed by atoms with E-state index in [1.54, 1.807) is 0 Å². The molecule has 1 aromatic heterocycles. The van der Waals surface area contributed by atoms with Crippen molar-refractivity contribution in [2.24, 2.45) is 0 Å². The van der Waals surface area contributed by atoms with Crippen molar-refractivity contribution in [1.82, 2.24) is 20.8 Å². The summed E-state index contributed by atoms with van der Waals surface area (Å²) in [5.41, 5.74) is 5.22. The Morgan fingerprint density at radius 2 is 1.27 bits per heavy atom. The van der Waals surface area contributed by atoms with E-state index in [1.807, 2.05) is 54.6 Å². The number of aromatic amines is 1. The number of rotatable bonds is 6. The summed E-state index contributed by atoms with van der Waals surface area (Å²) in [5, 5.41) is 19.9. The van der Waals surface area contributed by atoms with Crippen LogP contribution in [0.15, 0.2) is 54.6 Å². The summed E-state index contributed by atoms with van der Waals surface area (Å²) in [6, 6.07) is 17.2. The molecule has 33 heavy (non-hydrogen) atoms. The minimum Gasteiger partial charge on any atom is -0.325 e. The summed E-state index contributed by atoms with van der Waals surface area (Å²) in [6.07, 6.45) is 3.83. The molecule has 2 aliphatic heterocycles. The molecule has 3 aromatic rings. The maximum atomic E-state index is 12.3. The molecule has 8 nitrogen and oxygen atoms in total. The Balaban J connectivity index is 1.21. The summed E-state index contributed by atoms with van der Waals surface area (Å²) < 4.78 is 0. The molecular formula is C25H28N6O2. The Labute approximate surface area is 192 Å². The average molecular weight is 445 g/mol. The number of aromatic nitrogens is 2. The van der Waals surface area contributed by atoms with Gasteiger partial charge >= 0.3 is 0 Å². The largest absolute Gasteiger partial charge is 0.325 e. The van der Waals surface area contributed by atoms with Gasteiger partial charge in [0.2, 0.25) is 11.8 Å². The van der Waals surface area contributed by atoms with Crippen molar-refractivity contribution in [1.29, 1.82) is 0 Å². The van der Waals surface area contributed by atoms with Crippen molar-refractivity contribution in [3.63, 3.8) is 0 Å². The maximum Gasteiger partial charge on any atom is 0.241 e. The third kappa shape index (κ3) is 4.97. The molecule has 8 heteroatoms. The number of carbonyl (C=O) groups is 2. The summed E-state index contributed by atoms with van der Waals surface area (Å²) in [7, 11) is 0. The summed E-state index contributed by atoms with van der Waals surface area (Å²) in [6.45, 7) is 1.79. The van der Waals surface area contributed by atoms with E-state index in [0.717, 1.165) is 72.7 Å². The Kier molecular flexibility index (Phi) is 6.19. The highest BCUT2D eigenvalue weighted by atomic mass is 16.2. The van der Waals surface area contributed by atoms with Gasteiger partial charge in [0.1, 0.15) is 0 Å². The number of carbonyl (C=O) groups excluding carboxylic acids is 2. The van der Waals surface area contributed by atoms with Crippen molar-refractivity contribution in [3.8, 4) is 22.5 Å². The zero-order chi connectivity index (χ0) is 22.6. The van der Waals surface area contributed by atoms with Crippen LogP contribution in [0.3, 0.4) is 0 Å². The van der Waals surface area contributed by atoms with E-state index in [4.69, 9.17) is 0 Å². The number of anilines is 2. The molecule has 170 valence electrons. The van der Waals surface area contributed by atoms with Crippen LogP contribution in [0.1, 0.15) is 25.7 Å². The van der Waals surface area contributed by atoms with Crippen LogP contribution in [0, 0.1) is 0 Å². The molecule has 0 spiro atoms. The summed E-state index contributed by atoms with van der Waals surface area (Å²) in [5.74, 6) is 0.0321. The second-order valence-corrected chi connectivity index (χ2v) is 8.60. The molecule has 5 rings (SSSR count). The molecule has 2 aromatic carbocycles. The van der Waals surface area contributed by atoms with E-state index < -0.39 is 0 Å². The molecule has 2 amide bonds. The van der Waals surface area contributed by atoms with Crippen LogP contribution in [-0.4, -0.2) is 47.2 Å². The van der Waals surface area contributed by atoms with Gasteiger partial charge in [-0.3, -0.25) is 14.7 Å². The fourth-order valence-electron chi connectivity index (χ4n) is 4.35. The summed E-state index contributed by atoms with van der Waals surface area (Å²) in [4.78, 5) is 24.5. The number of H-pyrrole nitrogens is 1. The molecule has 0 aliphatic carbocycles. The first-order chi connectivity index (χ1) is 16.2. The molecule has 0 saturated carbocycles. The van der Waals surface area contributed by atoms with Crippen molar-refractivity contribution in [3.05, 3.63) is 54.6 Å². The Morgan fingerprint density at radius 1 is 0.758 bits per heavy atom. The molecule has 2 atom stereocenters. The molecule has 5 N–H and O–H groups in total. The van der Waals surface area contributed by atoms with E-state index >= 15 is 0 Å².